The number of carbonyl (C=O) groups is 1. The zero-order valence-electron chi connectivity index (χ0n) is 11.9. The van der Waals surface area contributed by atoms with Gasteiger partial charge in [-0.25, -0.2) is 4.79 Å². The van der Waals surface area contributed by atoms with Crippen LogP contribution < -0.4 is 0 Å². The normalized spacial score (nSPS) is 16.6. The molecule has 0 aliphatic heterocycles. The van der Waals surface area contributed by atoms with E-state index < -0.39 is 10.9 Å². The minimum absolute atomic E-state index is 0.0421. The number of nitro groups is 1. The third-order valence-electron chi connectivity index (χ3n) is 3.88. The molecule has 0 amide bonds. The van der Waals surface area contributed by atoms with Crippen LogP contribution in [0.5, 0.6) is 0 Å². The van der Waals surface area contributed by atoms with Gasteiger partial charge in [-0.3, -0.25) is 10.1 Å². The summed E-state index contributed by atoms with van der Waals surface area (Å²) in [6, 6.07) is 13.4. The summed E-state index contributed by atoms with van der Waals surface area (Å²) in [5.41, 5.74) is 2.56. The van der Waals surface area contributed by atoms with Crippen molar-refractivity contribution in [2.75, 3.05) is 0 Å². The number of aryl methyl sites for hydroxylation is 1. The van der Waals surface area contributed by atoms with E-state index in [2.05, 4.69) is 6.07 Å². The lowest BCUT2D eigenvalue weighted by atomic mass is 9.89. The van der Waals surface area contributed by atoms with Gasteiger partial charge in [-0.2, -0.15) is 0 Å². The Morgan fingerprint density at radius 1 is 1.14 bits per heavy atom. The van der Waals surface area contributed by atoms with Gasteiger partial charge in [-0.15, -0.1) is 0 Å². The molecule has 5 heteroatoms. The SMILES string of the molecule is O=C(OC1CCCc2ccccc21)c1ccc([N+](=O)[O-])cc1. The maximum absolute atomic E-state index is 12.2. The topological polar surface area (TPSA) is 69.4 Å². The van der Waals surface area contributed by atoms with Crippen LogP contribution in [0.25, 0.3) is 0 Å². The summed E-state index contributed by atoms with van der Waals surface area (Å²) in [6.07, 6.45) is 2.54. The van der Waals surface area contributed by atoms with Gasteiger partial charge in [-0.05, 0) is 42.5 Å². The number of nitro benzene ring substituents is 1. The highest BCUT2D eigenvalue weighted by molar-refractivity contribution is 5.89. The van der Waals surface area contributed by atoms with Crippen LogP contribution in [0, 0.1) is 10.1 Å². The lowest BCUT2D eigenvalue weighted by molar-refractivity contribution is -0.384. The first-order valence-corrected chi connectivity index (χ1v) is 7.18. The number of fused-ring (bicyclic) bond motifs is 1. The van der Waals surface area contributed by atoms with Crippen LogP contribution in [0.3, 0.4) is 0 Å². The van der Waals surface area contributed by atoms with Gasteiger partial charge < -0.3 is 4.74 Å². The molecule has 1 unspecified atom stereocenters. The molecular formula is C17H15NO4. The van der Waals surface area contributed by atoms with E-state index in [1.165, 1.54) is 29.8 Å². The van der Waals surface area contributed by atoms with Crippen LogP contribution in [0.4, 0.5) is 5.69 Å². The molecule has 1 aliphatic rings. The van der Waals surface area contributed by atoms with Crippen LogP contribution in [-0.4, -0.2) is 10.9 Å². The van der Waals surface area contributed by atoms with Crippen LogP contribution in [0.15, 0.2) is 48.5 Å². The maximum Gasteiger partial charge on any atom is 0.338 e. The molecule has 1 aliphatic carbocycles. The van der Waals surface area contributed by atoms with Gasteiger partial charge in [0, 0.05) is 12.1 Å². The summed E-state index contributed by atoms with van der Waals surface area (Å²) in [4.78, 5) is 22.3. The molecule has 0 saturated carbocycles. The highest BCUT2D eigenvalue weighted by atomic mass is 16.6. The Balaban J connectivity index is 1.76. The second-order valence-electron chi connectivity index (χ2n) is 5.29. The predicted octanol–water partition coefficient (Wildman–Crippen LogP) is 3.83. The highest BCUT2D eigenvalue weighted by Gasteiger charge is 2.24. The number of rotatable bonds is 3. The van der Waals surface area contributed by atoms with E-state index in [0.717, 1.165) is 24.8 Å². The standard InChI is InChI=1S/C17H15NO4/c19-17(13-8-10-14(11-9-13)18(20)21)22-16-7-3-5-12-4-1-2-6-15(12)16/h1-2,4,6,8-11,16H,3,5,7H2. The summed E-state index contributed by atoms with van der Waals surface area (Å²) >= 11 is 0. The van der Waals surface area contributed by atoms with E-state index in [9.17, 15) is 14.9 Å². The fraction of sp³-hybridized carbons (Fsp3) is 0.235. The number of hydrogen-bond donors (Lipinski definition) is 0. The van der Waals surface area contributed by atoms with Gasteiger partial charge in [0.1, 0.15) is 6.10 Å². The zero-order chi connectivity index (χ0) is 15.5. The molecule has 112 valence electrons. The fourth-order valence-corrected chi connectivity index (χ4v) is 2.75. The van der Waals surface area contributed by atoms with Crippen LogP contribution in [0.2, 0.25) is 0 Å². The molecule has 0 bridgehead atoms. The first kappa shape index (κ1) is 14.3. The van der Waals surface area contributed by atoms with Gasteiger partial charge in [0.25, 0.3) is 5.69 Å². The molecular weight excluding hydrogens is 282 g/mol. The van der Waals surface area contributed by atoms with Crippen molar-refractivity contribution in [1.82, 2.24) is 0 Å². The van der Waals surface area contributed by atoms with E-state index in [1.807, 2.05) is 18.2 Å². The van der Waals surface area contributed by atoms with Crippen LogP contribution in [-0.2, 0) is 11.2 Å². The molecule has 0 fully saturated rings. The molecule has 5 nitrogen and oxygen atoms in total. The van der Waals surface area contributed by atoms with Gasteiger partial charge in [0.05, 0.1) is 10.5 Å². The molecule has 0 heterocycles. The quantitative estimate of drug-likeness (QED) is 0.490. The summed E-state index contributed by atoms with van der Waals surface area (Å²) in [5.74, 6) is -0.448. The molecule has 1 atom stereocenters. The van der Waals surface area contributed by atoms with E-state index >= 15 is 0 Å². The third kappa shape index (κ3) is 2.83. The van der Waals surface area contributed by atoms with E-state index in [-0.39, 0.29) is 11.8 Å². The summed E-state index contributed by atoms with van der Waals surface area (Å²) in [7, 11) is 0. The molecule has 2 aromatic carbocycles. The lowest BCUT2D eigenvalue weighted by Crippen LogP contribution is -2.16. The molecule has 0 saturated heterocycles. The van der Waals surface area contributed by atoms with Crippen LogP contribution in [0.1, 0.15) is 40.4 Å². The molecule has 2 aromatic rings. The number of esters is 1. The van der Waals surface area contributed by atoms with Gasteiger partial charge in [-0.1, -0.05) is 24.3 Å². The Morgan fingerprint density at radius 3 is 2.59 bits per heavy atom. The van der Waals surface area contributed by atoms with Crippen molar-refractivity contribution < 1.29 is 14.5 Å². The van der Waals surface area contributed by atoms with Crippen molar-refractivity contribution in [3.05, 3.63) is 75.3 Å². The number of carbonyl (C=O) groups excluding carboxylic acids is 1. The first-order chi connectivity index (χ1) is 10.6. The fourth-order valence-electron chi connectivity index (χ4n) is 2.75. The molecule has 0 aromatic heterocycles. The maximum atomic E-state index is 12.2. The molecule has 0 spiro atoms. The smallest absolute Gasteiger partial charge is 0.338 e. The largest absolute Gasteiger partial charge is 0.454 e. The molecule has 0 N–H and O–H groups in total. The first-order valence-electron chi connectivity index (χ1n) is 7.18. The molecule has 0 radical (unpaired) electrons. The second-order valence-corrected chi connectivity index (χ2v) is 5.29. The Morgan fingerprint density at radius 2 is 1.86 bits per heavy atom. The number of non-ortho nitro benzene ring substituents is 1. The highest BCUT2D eigenvalue weighted by Crippen LogP contribution is 2.33. The Hall–Kier alpha value is -2.69. The lowest BCUT2D eigenvalue weighted by Gasteiger charge is -2.25. The number of nitrogens with zero attached hydrogens (tertiary/aromatic N) is 1. The van der Waals surface area contributed by atoms with Crippen molar-refractivity contribution >= 4 is 11.7 Å². The van der Waals surface area contributed by atoms with Crippen molar-refractivity contribution in [3.63, 3.8) is 0 Å². The Kier molecular flexibility index (Phi) is 3.87. The Bertz CT molecular complexity index is 709. The van der Waals surface area contributed by atoms with Crippen molar-refractivity contribution in [2.24, 2.45) is 0 Å². The minimum atomic E-state index is -0.494. The monoisotopic (exact) mass is 297 g/mol. The summed E-state index contributed by atoms with van der Waals surface area (Å²) < 4.78 is 5.60. The number of ether oxygens (including phenoxy) is 1. The van der Waals surface area contributed by atoms with E-state index in [1.54, 1.807) is 0 Å². The molecule has 22 heavy (non-hydrogen) atoms. The van der Waals surface area contributed by atoms with Crippen molar-refractivity contribution in [3.8, 4) is 0 Å². The van der Waals surface area contributed by atoms with Gasteiger partial charge >= 0.3 is 5.97 Å². The summed E-state index contributed by atoms with van der Waals surface area (Å²) in [5, 5.41) is 10.6. The van der Waals surface area contributed by atoms with E-state index in [4.69, 9.17) is 4.74 Å². The number of benzene rings is 2. The zero-order valence-corrected chi connectivity index (χ0v) is 11.9. The van der Waals surface area contributed by atoms with Crippen molar-refractivity contribution in [1.29, 1.82) is 0 Å². The Labute approximate surface area is 127 Å². The second kappa shape index (κ2) is 5.97. The van der Waals surface area contributed by atoms with E-state index in [0.29, 0.717) is 5.56 Å². The van der Waals surface area contributed by atoms with Crippen molar-refractivity contribution in [2.45, 2.75) is 25.4 Å². The third-order valence-corrected chi connectivity index (χ3v) is 3.88. The number of hydrogen-bond acceptors (Lipinski definition) is 4. The van der Waals surface area contributed by atoms with Gasteiger partial charge in [0.15, 0.2) is 0 Å². The average Bonchev–Trinajstić information content (AvgIpc) is 2.55. The molecule has 3 rings (SSSR count). The average molecular weight is 297 g/mol. The predicted molar refractivity (Wildman–Crippen MR) is 80.6 cm³/mol. The van der Waals surface area contributed by atoms with Gasteiger partial charge in [0.2, 0.25) is 0 Å². The minimum Gasteiger partial charge on any atom is -0.454 e. The summed E-state index contributed by atoms with van der Waals surface area (Å²) in [6.45, 7) is 0. The van der Waals surface area contributed by atoms with Crippen LogP contribution >= 0.6 is 0 Å².